The summed E-state index contributed by atoms with van der Waals surface area (Å²) in [6.45, 7) is 5.61. The van der Waals surface area contributed by atoms with E-state index in [4.69, 9.17) is 4.74 Å². The lowest BCUT2D eigenvalue weighted by atomic mass is 10.0. The van der Waals surface area contributed by atoms with Crippen molar-refractivity contribution in [2.24, 2.45) is 0 Å². The average Bonchev–Trinajstić information content (AvgIpc) is 3.06. The maximum Gasteiger partial charge on any atom is 0.154 e. The van der Waals surface area contributed by atoms with Gasteiger partial charge in [-0.25, -0.2) is 0 Å². The molecule has 0 aromatic carbocycles. The van der Waals surface area contributed by atoms with Crippen molar-refractivity contribution in [3.63, 3.8) is 0 Å². The molecule has 0 bridgehead atoms. The van der Waals surface area contributed by atoms with Gasteiger partial charge in [-0.15, -0.1) is 0 Å². The molecule has 0 saturated heterocycles. The molecule has 0 aliphatic carbocycles. The highest BCUT2D eigenvalue weighted by Crippen LogP contribution is 2.19. The third kappa shape index (κ3) is 39.2. The summed E-state index contributed by atoms with van der Waals surface area (Å²) in [7, 11) is 4.23. The molecule has 1 atom stereocenters. The second-order valence-corrected chi connectivity index (χ2v) is 14.3. The van der Waals surface area contributed by atoms with E-state index in [0.717, 1.165) is 51.5 Å². The summed E-state index contributed by atoms with van der Waals surface area (Å²) >= 11 is 0. The first-order valence-corrected chi connectivity index (χ1v) is 20.7. The van der Waals surface area contributed by atoms with Gasteiger partial charge in [0.1, 0.15) is 0 Å². The van der Waals surface area contributed by atoms with Crippen molar-refractivity contribution in [1.82, 2.24) is 4.90 Å². The zero-order valence-electron chi connectivity index (χ0n) is 32.3. The Balaban J connectivity index is 4.05. The van der Waals surface area contributed by atoms with E-state index in [0.29, 0.717) is 0 Å². The average molecular weight is 658 g/mol. The highest BCUT2D eigenvalue weighted by molar-refractivity contribution is 4.93. The summed E-state index contributed by atoms with van der Waals surface area (Å²) < 4.78 is 6.22. The van der Waals surface area contributed by atoms with Crippen LogP contribution in [0.1, 0.15) is 200 Å². The van der Waals surface area contributed by atoms with Gasteiger partial charge in [-0.3, -0.25) is 0 Å². The molecule has 0 radical (unpaired) electrons. The summed E-state index contributed by atoms with van der Waals surface area (Å²) in [5, 5.41) is 10.6. The number of aliphatic hydroxyl groups excluding tert-OH is 1. The third-order valence-electron chi connectivity index (χ3n) is 9.11. The van der Waals surface area contributed by atoms with Crippen molar-refractivity contribution < 1.29 is 9.84 Å². The zero-order valence-corrected chi connectivity index (χ0v) is 32.3. The van der Waals surface area contributed by atoms with Gasteiger partial charge < -0.3 is 14.7 Å². The Labute approximate surface area is 295 Å². The van der Waals surface area contributed by atoms with Gasteiger partial charge in [0.05, 0.1) is 6.10 Å². The first kappa shape index (κ1) is 45.8. The van der Waals surface area contributed by atoms with Gasteiger partial charge >= 0.3 is 0 Å². The number of hydrogen-bond acceptors (Lipinski definition) is 3. The van der Waals surface area contributed by atoms with Crippen LogP contribution in [0.5, 0.6) is 0 Å². The third-order valence-corrected chi connectivity index (χ3v) is 9.11. The van der Waals surface area contributed by atoms with Gasteiger partial charge in [-0.05, 0) is 117 Å². The first-order chi connectivity index (χ1) is 23.1. The topological polar surface area (TPSA) is 32.7 Å². The molecular formula is C44H83NO2. The maximum absolute atomic E-state index is 10.6. The van der Waals surface area contributed by atoms with Crippen molar-refractivity contribution in [1.29, 1.82) is 0 Å². The Morgan fingerprint density at radius 2 is 0.809 bits per heavy atom. The molecule has 0 spiro atoms. The first-order valence-electron chi connectivity index (χ1n) is 20.7. The van der Waals surface area contributed by atoms with Crippen molar-refractivity contribution in [3.8, 4) is 0 Å². The van der Waals surface area contributed by atoms with Crippen LogP contribution >= 0.6 is 0 Å². The van der Waals surface area contributed by atoms with Crippen molar-refractivity contribution in [3.05, 3.63) is 48.6 Å². The van der Waals surface area contributed by atoms with Gasteiger partial charge in [0.25, 0.3) is 0 Å². The highest BCUT2D eigenvalue weighted by atomic mass is 16.6. The molecule has 276 valence electrons. The quantitative estimate of drug-likeness (QED) is 0.0410. The number of aliphatic hydroxyl groups is 1. The van der Waals surface area contributed by atoms with Crippen molar-refractivity contribution in [2.45, 2.75) is 212 Å². The molecule has 0 aromatic heterocycles. The minimum atomic E-state index is -0.601. The van der Waals surface area contributed by atoms with Crippen LogP contribution in [0.25, 0.3) is 0 Å². The van der Waals surface area contributed by atoms with Crippen LogP contribution in [0.15, 0.2) is 48.6 Å². The van der Waals surface area contributed by atoms with Crippen molar-refractivity contribution >= 4 is 0 Å². The van der Waals surface area contributed by atoms with E-state index in [2.05, 4.69) is 81.5 Å². The Bertz CT molecular complexity index is 662. The summed E-state index contributed by atoms with van der Waals surface area (Å²) in [6.07, 6.45) is 54.3. The second kappa shape index (κ2) is 39.3. The SMILES string of the molecule is CCCCCC=CCC=CCCCCCCCCC(CCCCCCCCC=CCC=CCCCCC)OC(O)CCCCN(C)C. The molecule has 3 nitrogen and oxygen atoms in total. The minimum absolute atomic E-state index is 0.218. The Hall–Kier alpha value is -1.16. The molecular weight excluding hydrogens is 574 g/mol. The largest absolute Gasteiger partial charge is 0.368 e. The molecule has 0 amide bonds. The molecule has 0 rings (SSSR count). The van der Waals surface area contributed by atoms with Crippen LogP contribution in [-0.4, -0.2) is 43.0 Å². The van der Waals surface area contributed by atoms with E-state index in [1.807, 2.05) is 0 Å². The van der Waals surface area contributed by atoms with Gasteiger partial charge in [-0.2, -0.15) is 0 Å². The molecule has 0 aliphatic heterocycles. The van der Waals surface area contributed by atoms with Gasteiger partial charge in [-0.1, -0.05) is 152 Å². The molecule has 0 aromatic rings. The predicted octanol–water partition coefficient (Wildman–Crippen LogP) is 13.8. The second-order valence-electron chi connectivity index (χ2n) is 14.3. The molecule has 0 fully saturated rings. The van der Waals surface area contributed by atoms with E-state index in [-0.39, 0.29) is 6.10 Å². The minimum Gasteiger partial charge on any atom is -0.368 e. The summed E-state index contributed by atoms with van der Waals surface area (Å²) in [5.74, 6) is 0. The van der Waals surface area contributed by atoms with Crippen LogP contribution in [-0.2, 0) is 4.74 Å². The molecule has 47 heavy (non-hydrogen) atoms. The van der Waals surface area contributed by atoms with Crippen LogP contribution < -0.4 is 0 Å². The van der Waals surface area contributed by atoms with Crippen LogP contribution in [0.4, 0.5) is 0 Å². The molecule has 0 aliphatic rings. The fourth-order valence-corrected chi connectivity index (χ4v) is 6.04. The van der Waals surface area contributed by atoms with Crippen molar-refractivity contribution in [2.75, 3.05) is 20.6 Å². The Morgan fingerprint density at radius 1 is 0.447 bits per heavy atom. The summed E-state index contributed by atoms with van der Waals surface area (Å²) in [4.78, 5) is 2.22. The van der Waals surface area contributed by atoms with Gasteiger partial charge in [0.2, 0.25) is 0 Å². The van der Waals surface area contributed by atoms with Crippen LogP contribution in [0.3, 0.4) is 0 Å². The van der Waals surface area contributed by atoms with E-state index in [1.54, 1.807) is 0 Å². The number of nitrogens with zero attached hydrogens (tertiary/aromatic N) is 1. The number of rotatable bonds is 37. The predicted molar refractivity (Wildman–Crippen MR) is 211 cm³/mol. The number of unbranched alkanes of at least 4 members (excludes halogenated alkanes) is 19. The van der Waals surface area contributed by atoms with E-state index >= 15 is 0 Å². The normalized spacial score (nSPS) is 13.8. The monoisotopic (exact) mass is 658 g/mol. The Kier molecular flexibility index (Phi) is 38.3. The zero-order chi connectivity index (χ0) is 34.3. The standard InChI is InChI=1S/C44H83NO2/c1-5-7-9-11-13-15-17-19-21-23-25-27-29-31-33-35-39-43(47-44(46)41-37-38-42-45(3)4)40-36-34-32-30-28-26-24-22-20-18-16-14-12-10-8-6-2/h13-16,19-22,43-44,46H,5-12,17-18,23-42H2,1-4H3. The fraction of sp³-hybridized carbons (Fsp3) is 0.818. The van der Waals surface area contributed by atoms with Gasteiger partial charge in [0, 0.05) is 0 Å². The molecule has 3 heteroatoms. The smallest absolute Gasteiger partial charge is 0.154 e. The summed E-state index contributed by atoms with van der Waals surface area (Å²) in [6, 6.07) is 0. The lowest BCUT2D eigenvalue weighted by molar-refractivity contribution is -0.144. The van der Waals surface area contributed by atoms with E-state index in [1.165, 1.54) is 141 Å². The van der Waals surface area contributed by atoms with E-state index in [9.17, 15) is 5.11 Å². The fourth-order valence-electron chi connectivity index (χ4n) is 6.04. The van der Waals surface area contributed by atoms with Crippen LogP contribution in [0.2, 0.25) is 0 Å². The molecule has 0 heterocycles. The summed E-state index contributed by atoms with van der Waals surface area (Å²) in [5.41, 5.74) is 0. The Morgan fingerprint density at radius 3 is 1.21 bits per heavy atom. The maximum atomic E-state index is 10.6. The molecule has 0 saturated carbocycles. The lowest BCUT2D eigenvalue weighted by Crippen LogP contribution is -2.22. The van der Waals surface area contributed by atoms with Crippen LogP contribution in [0, 0.1) is 0 Å². The number of ether oxygens (including phenoxy) is 1. The molecule has 1 unspecified atom stereocenters. The van der Waals surface area contributed by atoms with E-state index < -0.39 is 6.29 Å². The molecule has 1 N–H and O–H groups in total. The van der Waals surface area contributed by atoms with Gasteiger partial charge in [0.15, 0.2) is 6.29 Å². The number of allylic oxidation sites excluding steroid dienone is 8. The lowest BCUT2D eigenvalue weighted by Gasteiger charge is -2.22. The number of hydrogen-bond donors (Lipinski definition) is 1. The highest BCUT2D eigenvalue weighted by Gasteiger charge is 2.14.